The SMILES string of the molecule is CS(=O)(=O)N1CCCc2cc(C(=O)Nc3ccc4[nH]c(=O)[nH]c4c3)ccc21. The Bertz CT molecular complexity index is 1210. The lowest BCUT2D eigenvalue weighted by molar-refractivity contribution is 0.102. The molecule has 0 aliphatic carbocycles. The Balaban J connectivity index is 1.61. The molecule has 27 heavy (non-hydrogen) atoms. The maximum absolute atomic E-state index is 12.6. The molecule has 0 saturated heterocycles. The predicted molar refractivity (Wildman–Crippen MR) is 104 cm³/mol. The highest BCUT2D eigenvalue weighted by Crippen LogP contribution is 2.30. The fourth-order valence-electron chi connectivity index (χ4n) is 3.36. The first-order valence-corrected chi connectivity index (χ1v) is 10.3. The van der Waals surface area contributed by atoms with Crippen LogP contribution in [0.4, 0.5) is 11.4 Å². The molecule has 0 spiro atoms. The quantitative estimate of drug-likeness (QED) is 0.637. The molecule has 8 nitrogen and oxygen atoms in total. The number of aromatic amines is 2. The van der Waals surface area contributed by atoms with E-state index in [1.807, 2.05) is 0 Å². The van der Waals surface area contributed by atoms with Crippen LogP contribution in [0.5, 0.6) is 0 Å². The monoisotopic (exact) mass is 386 g/mol. The van der Waals surface area contributed by atoms with Crippen LogP contribution in [0, 0.1) is 0 Å². The number of carbonyl (C=O) groups is 1. The molecule has 0 fully saturated rings. The van der Waals surface area contributed by atoms with Gasteiger partial charge in [0.15, 0.2) is 0 Å². The lowest BCUT2D eigenvalue weighted by Crippen LogP contribution is -2.34. The van der Waals surface area contributed by atoms with Gasteiger partial charge in [-0.05, 0) is 54.8 Å². The first kappa shape index (κ1) is 17.3. The molecule has 1 aliphatic rings. The summed E-state index contributed by atoms with van der Waals surface area (Å²) in [4.78, 5) is 29.2. The van der Waals surface area contributed by atoms with Gasteiger partial charge < -0.3 is 15.3 Å². The van der Waals surface area contributed by atoms with Crippen LogP contribution in [-0.2, 0) is 16.4 Å². The van der Waals surface area contributed by atoms with E-state index in [9.17, 15) is 18.0 Å². The molecule has 0 saturated carbocycles. The minimum Gasteiger partial charge on any atom is -0.322 e. The molecule has 4 rings (SSSR count). The Morgan fingerprint density at radius 3 is 2.67 bits per heavy atom. The lowest BCUT2D eigenvalue weighted by Gasteiger charge is -2.29. The summed E-state index contributed by atoms with van der Waals surface area (Å²) in [5, 5.41) is 2.80. The molecule has 0 radical (unpaired) electrons. The van der Waals surface area contributed by atoms with Crippen molar-refractivity contribution in [1.29, 1.82) is 0 Å². The highest BCUT2D eigenvalue weighted by atomic mass is 32.2. The number of nitrogens with one attached hydrogen (secondary N) is 3. The van der Waals surface area contributed by atoms with Gasteiger partial charge in [0.05, 0.1) is 23.0 Å². The van der Waals surface area contributed by atoms with Gasteiger partial charge in [0.25, 0.3) is 5.91 Å². The molecule has 3 N–H and O–H groups in total. The summed E-state index contributed by atoms with van der Waals surface area (Å²) >= 11 is 0. The van der Waals surface area contributed by atoms with E-state index < -0.39 is 10.0 Å². The first-order chi connectivity index (χ1) is 12.8. The van der Waals surface area contributed by atoms with Crippen molar-refractivity contribution in [3.05, 3.63) is 58.0 Å². The van der Waals surface area contributed by atoms with Crippen molar-refractivity contribution in [3.63, 3.8) is 0 Å². The zero-order chi connectivity index (χ0) is 19.2. The Hall–Kier alpha value is -3.07. The van der Waals surface area contributed by atoms with Crippen molar-refractivity contribution in [1.82, 2.24) is 9.97 Å². The van der Waals surface area contributed by atoms with Gasteiger partial charge in [0.2, 0.25) is 10.0 Å². The predicted octanol–water partition coefficient (Wildman–Crippen LogP) is 1.82. The summed E-state index contributed by atoms with van der Waals surface area (Å²) in [6.45, 7) is 0.451. The van der Waals surface area contributed by atoms with Gasteiger partial charge in [0, 0.05) is 17.8 Å². The first-order valence-electron chi connectivity index (χ1n) is 8.45. The number of aryl methyl sites for hydroxylation is 1. The second kappa shape index (κ2) is 6.27. The second-order valence-electron chi connectivity index (χ2n) is 6.58. The minimum absolute atomic E-state index is 0.300. The maximum atomic E-state index is 12.6. The molecule has 1 amide bonds. The van der Waals surface area contributed by atoms with E-state index in [2.05, 4.69) is 15.3 Å². The van der Waals surface area contributed by atoms with E-state index in [0.29, 0.717) is 40.9 Å². The number of nitrogens with zero attached hydrogens (tertiary/aromatic N) is 1. The number of carbonyl (C=O) groups excluding carboxylic acids is 1. The molecule has 9 heteroatoms. The van der Waals surface area contributed by atoms with Gasteiger partial charge in [-0.25, -0.2) is 13.2 Å². The minimum atomic E-state index is -3.34. The van der Waals surface area contributed by atoms with Gasteiger partial charge in [-0.15, -0.1) is 0 Å². The van der Waals surface area contributed by atoms with Crippen molar-refractivity contribution in [3.8, 4) is 0 Å². The number of benzene rings is 2. The largest absolute Gasteiger partial charge is 0.323 e. The number of imidazole rings is 1. The molecule has 3 aromatic rings. The highest BCUT2D eigenvalue weighted by molar-refractivity contribution is 7.92. The van der Waals surface area contributed by atoms with Gasteiger partial charge in [-0.1, -0.05) is 0 Å². The second-order valence-corrected chi connectivity index (χ2v) is 8.48. The number of rotatable bonds is 3. The molecule has 0 bridgehead atoms. The Kier molecular flexibility index (Phi) is 4.03. The number of sulfonamides is 1. The van der Waals surface area contributed by atoms with Gasteiger partial charge in [-0.3, -0.25) is 9.10 Å². The number of hydrogen-bond donors (Lipinski definition) is 3. The highest BCUT2D eigenvalue weighted by Gasteiger charge is 2.24. The summed E-state index contributed by atoms with van der Waals surface area (Å²) < 4.78 is 25.3. The Morgan fingerprint density at radius 2 is 1.89 bits per heavy atom. The summed E-state index contributed by atoms with van der Waals surface area (Å²) in [7, 11) is -3.34. The number of amides is 1. The molecule has 2 heterocycles. The zero-order valence-electron chi connectivity index (χ0n) is 14.6. The number of fused-ring (bicyclic) bond motifs is 2. The third-order valence-electron chi connectivity index (χ3n) is 4.59. The van der Waals surface area contributed by atoms with E-state index in [4.69, 9.17) is 0 Å². The number of anilines is 2. The summed E-state index contributed by atoms with van der Waals surface area (Å²) in [5.41, 5.74) is 3.43. The molecular weight excluding hydrogens is 368 g/mol. The third kappa shape index (κ3) is 3.33. The van der Waals surface area contributed by atoms with E-state index >= 15 is 0 Å². The molecule has 1 aromatic heterocycles. The van der Waals surface area contributed by atoms with Crippen LogP contribution in [0.1, 0.15) is 22.3 Å². The lowest BCUT2D eigenvalue weighted by atomic mass is 10.0. The van der Waals surface area contributed by atoms with E-state index in [-0.39, 0.29) is 11.6 Å². The average Bonchev–Trinajstić information content (AvgIpc) is 2.99. The molecule has 0 atom stereocenters. The zero-order valence-corrected chi connectivity index (χ0v) is 15.4. The van der Waals surface area contributed by atoms with Crippen LogP contribution in [0.15, 0.2) is 41.2 Å². The standard InChI is InChI=1S/C18H18N4O4S/c1-27(25,26)22-8-2-3-11-9-12(4-7-16(11)22)17(23)19-13-5-6-14-15(10-13)21-18(24)20-14/h4-7,9-10H,2-3,8H2,1H3,(H,19,23)(H2,20,21,24). The van der Waals surface area contributed by atoms with E-state index in [1.165, 1.54) is 10.6 Å². The number of hydrogen-bond acceptors (Lipinski definition) is 4. The van der Waals surface area contributed by atoms with Crippen LogP contribution in [-0.4, -0.2) is 37.1 Å². The maximum Gasteiger partial charge on any atom is 0.323 e. The summed E-state index contributed by atoms with van der Waals surface area (Å²) in [5.74, 6) is -0.300. The van der Waals surface area contributed by atoms with Crippen molar-refractivity contribution in [2.45, 2.75) is 12.8 Å². The van der Waals surface area contributed by atoms with Gasteiger partial charge >= 0.3 is 5.69 Å². The van der Waals surface area contributed by atoms with Crippen molar-refractivity contribution < 1.29 is 13.2 Å². The summed E-state index contributed by atoms with van der Waals surface area (Å²) in [6, 6.07) is 10.1. The van der Waals surface area contributed by atoms with Crippen LogP contribution in [0.25, 0.3) is 11.0 Å². The molecule has 2 aromatic carbocycles. The van der Waals surface area contributed by atoms with Crippen molar-refractivity contribution in [2.24, 2.45) is 0 Å². The van der Waals surface area contributed by atoms with Crippen molar-refractivity contribution in [2.75, 3.05) is 22.4 Å². The average molecular weight is 386 g/mol. The molecule has 0 unspecified atom stereocenters. The smallest absolute Gasteiger partial charge is 0.322 e. The third-order valence-corrected chi connectivity index (χ3v) is 5.77. The van der Waals surface area contributed by atoms with E-state index in [1.54, 1.807) is 36.4 Å². The fourth-order valence-corrected chi connectivity index (χ4v) is 4.36. The van der Waals surface area contributed by atoms with Crippen LogP contribution >= 0.6 is 0 Å². The van der Waals surface area contributed by atoms with Gasteiger partial charge in [0.1, 0.15) is 0 Å². The molecule has 1 aliphatic heterocycles. The number of H-pyrrole nitrogens is 2. The molecular formula is C18H18N4O4S. The Labute approximate surface area is 155 Å². The topological polar surface area (TPSA) is 115 Å². The van der Waals surface area contributed by atoms with Crippen LogP contribution in [0.3, 0.4) is 0 Å². The van der Waals surface area contributed by atoms with E-state index in [0.717, 1.165) is 12.0 Å². The van der Waals surface area contributed by atoms with Crippen LogP contribution in [0.2, 0.25) is 0 Å². The number of aromatic nitrogens is 2. The van der Waals surface area contributed by atoms with Crippen LogP contribution < -0.4 is 15.3 Å². The summed E-state index contributed by atoms with van der Waals surface area (Å²) in [6.07, 6.45) is 2.62. The van der Waals surface area contributed by atoms with Crippen molar-refractivity contribution >= 4 is 38.3 Å². The Morgan fingerprint density at radius 1 is 1.11 bits per heavy atom. The fraction of sp³-hybridized carbons (Fsp3) is 0.222. The normalized spacial score (nSPS) is 14.2. The van der Waals surface area contributed by atoms with Gasteiger partial charge in [-0.2, -0.15) is 0 Å². The molecule has 140 valence electrons.